The molecule has 0 amide bonds. The van der Waals surface area contributed by atoms with Crippen LogP contribution in [0.3, 0.4) is 0 Å². The summed E-state index contributed by atoms with van der Waals surface area (Å²) in [5.41, 5.74) is 2.85. The van der Waals surface area contributed by atoms with Crippen LogP contribution in [-0.4, -0.2) is 30.0 Å². The number of hydrogen-bond donors (Lipinski definition) is 0. The van der Waals surface area contributed by atoms with Crippen LogP contribution < -0.4 is 4.74 Å². The van der Waals surface area contributed by atoms with E-state index in [1.807, 2.05) is 42.5 Å². The Hall–Kier alpha value is -2.79. The van der Waals surface area contributed by atoms with Crippen LogP contribution in [0.1, 0.15) is 21.7 Å². The predicted molar refractivity (Wildman–Crippen MR) is 95.7 cm³/mol. The maximum atomic E-state index is 11.9. The van der Waals surface area contributed by atoms with Gasteiger partial charge in [-0.1, -0.05) is 35.9 Å². The van der Waals surface area contributed by atoms with Gasteiger partial charge in [0.1, 0.15) is 5.75 Å². The molecule has 3 rings (SSSR count). The van der Waals surface area contributed by atoms with Crippen molar-refractivity contribution in [3.8, 4) is 11.4 Å². The molecule has 3 aromatic rings. The summed E-state index contributed by atoms with van der Waals surface area (Å²) < 4.78 is 11.6. The van der Waals surface area contributed by atoms with Gasteiger partial charge in [-0.15, -0.1) is 0 Å². The first-order valence-electron chi connectivity index (χ1n) is 7.67. The summed E-state index contributed by atoms with van der Waals surface area (Å²) in [7, 11) is 2.96. The molecule has 0 saturated carbocycles. The Bertz CT molecular complexity index is 888. The number of carbonyl (C=O) groups excluding carboxylic acids is 1. The van der Waals surface area contributed by atoms with Gasteiger partial charge in [0, 0.05) is 12.1 Å². The van der Waals surface area contributed by atoms with Gasteiger partial charge in [-0.25, -0.2) is 9.48 Å². The minimum Gasteiger partial charge on any atom is -0.497 e. The first-order valence-corrected chi connectivity index (χ1v) is 8.05. The van der Waals surface area contributed by atoms with E-state index in [-0.39, 0.29) is 5.69 Å². The van der Waals surface area contributed by atoms with Crippen molar-refractivity contribution in [1.29, 1.82) is 0 Å². The molecule has 0 saturated heterocycles. The molecule has 25 heavy (non-hydrogen) atoms. The number of halogens is 1. The highest BCUT2D eigenvalue weighted by atomic mass is 35.5. The lowest BCUT2D eigenvalue weighted by molar-refractivity contribution is 0.0593. The zero-order valence-corrected chi connectivity index (χ0v) is 14.7. The lowest BCUT2D eigenvalue weighted by Gasteiger charge is -2.09. The van der Waals surface area contributed by atoms with Gasteiger partial charge in [-0.3, -0.25) is 0 Å². The van der Waals surface area contributed by atoms with Crippen LogP contribution in [0.25, 0.3) is 5.69 Å². The van der Waals surface area contributed by atoms with Crippen molar-refractivity contribution in [2.75, 3.05) is 14.2 Å². The average molecular weight is 357 g/mol. The van der Waals surface area contributed by atoms with E-state index < -0.39 is 5.97 Å². The molecule has 0 aliphatic carbocycles. The molecule has 0 spiro atoms. The number of aromatic nitrogens is 2. The van der Waals surface area contributed by atoms with Crippen molar-refractivity contribution < 1.29 is 14.3 Å². The van der Waals surface area contributed by atoms with Crippen molar-refractivity contribution in [3.63, 3.8) is 0 Å². The van der Waals surface area contributed by atoms with Crippen LogP contribution >= 0.6 is 11.6 Å². The zero-order chi connectivity index (χ0) is 17.8. The summed E-state index contributed by atoms with van der Waals surface area (Å²) >= 11 is 6.30. The SMILES string of the molecule is COC(=O)c1cc(Cc2ccc(OC)cc2)n(-c2ccccc2Cl)n1. The fourth-order valence-corrected chi connectivity index (χ4v) is 2.75. The molecule has 0 aliphatic rings. The minimum absolute atomic E-state index is 0.242. The Labute approximate surface area is 150 Å². The molecule has 0 bridgehead atoms. The number of esters is 1. The zero-order valence-electron chi connectivity index (χ0n) is 13.9. The molecule has 1 heterocycles. The molecule has 0 unspecified atom stereocenters. The van der Waals surface area contributed by atoms with Crippen molar-refractivity contribution in [2.24, 2.45) is 0 Å². The third-order valence-electron chi connectivity index (χ3n) is 3.80. The first kappa shape index (κ1) is 17.0. The second kappa shape index (κ2) is 7.40. The highest BCUT2D eigenvalue weighted by Crippen LogP contribution is 2.24. The maximum absolute atomic E-state index is 11.9. The number of hydrogen-bond acceptors (Lipinski definition) is 4. The van der Waals surface area contributed by atoms with Gasteiger partial charge in [-0.2, -0.15) is 5.10 Å². The summed E-state index contributed by atoms with van der Waals surface area (Å²) in [4.78, 5) is 11.9. The monoisotopic (exact) mass is 356 g/mol. The van der Waals surface area contributed by atoms with E-state index in [0.29, 0.717) is 17.1 Å². The molecular formula is C19H17ClN2O3. The highest BCUT2D eigenvalue weighted by molar-refractivity contribution is 6.32. The van der Waals surface area contributed by atoms with Gasteiger partial charge in [0.25, 0.3) is 0 Å². The first-order chi connectivity index (χ1) is 12.1. The fraction of sp³-hybridized carbons (Fsp3) is 0.158. The quantitative estimate of drug-likeness (QED) is 0.650. The second-order valence-corrected chi connectivity index (χ2v) is 5.81. The second-order valence-electron chi connectivity index (χ2n) is 5.40. The molecule has 1 aromatic heterocycles. The van der Waals surface area contributed by atoms with E-state index in [9.17, 15) is 4.79 Å². The van der Waals surface area contributed by atoms with Crippen molar-refractivity contribution in [2.45, 2.75) is 6.42 Å². The lowest BCUT2D eigenvalue weighted by Crippen LogP contribution is -2.06. The number of benzene rings is 2. The van der Waals surface area contributed by atoms with Gasteiger partial charge < -0.3 is 9.47 Å². The molecule has 0 aliphatic heterocycles. The molecule has 0 atom stereocenters. The number of ether oxygens (including phenoxy) is 2. The van der Waals surface area contributed by atoms with E-state index in [4.69, 9.17) is 21.1 Å². The Kier molecular flexibility index (Phi) is 5.05. The topological polar surface area (TPSA) is 53.4 Å². The third-order valence-corrected chi connectivity index (χ3v) is 4.12. The van der Waals surface area contributed by atoms with E-state index in [1.54, 1.807) is 23.9 Å². The van der Waals surface area contributed by atoms with Gasteiger partial charge >= 0.3 is 5.97 Å². The minimum atomic E-state index is -0.484. The van der Waals surface area contributed by atoms with E-state index in [2.05, 4.69) is 5.10 Å². The van der Waals surface area contributed by atoms with Crippen LogP contribution in [0.15, 0.2) is 54.6 Å². The Morgan fingerprint density at radius 3 is 2.48 bits per heavy atom. The summed E-state index contributed by atoms with van der Waals surface area (Å²) in [5.74, 6) is 0.306. The van der Waals surface area contributed by atoms with Gasteiger partial charge in [0.15, 0.2) is 5.69 Å². The molecule has 5 nitrogen and oxygen atoms in total. The van der Waals surface area contributed by atoms with Crippen molar-refractivity contribution in [1.82, 2.24) is 9.78 Å². The standard InChI is InChI=1S/C19H17ClN2O3/c1-24-15-9-7-13(8-10-15)11-14-12-17(19(23)25-2)21-22(14)18-6-4-3-5-16(18)20/h3-10,12H,11H2,1-2H3. The molecule has 2 aromatic carbocycles. The van der Waals surface area contributed by atoms with Crippen LogP contribution in [0.2, 0.25) is 5.02 Å². The Morgan fingerprint density at radius 1 is 1.12 bits per heavy atom. The molecule has 6 heteroatoms. The highest BCUT2D eigenvalue weighted by Gasteiger charge is 2.17. The lowest BCUT2D eigenvalue weighted by atomic mass is 10.1. The van der Waals surface area contributed by atoms with E-state index in [0.717, 1.165) is 17.0 Å². The van der Waals surface area contributed by atoms with Crippen molar-refractivity contribution in [3.05, 3.63) is 76.6 Å². The van der Waals surface area contributed by atoms with Crippen LogP contribution in [0, 0.1) is 0 Å². The summed E-state index contributed by atoms with van der Waals surface area (Å²) in [6, 6.07) is 16.8. The molecule has 0 N–H and O–H groups in total. The largest absolute Gasteiger partial charge is 0.497 e. The molecule has 128 valence electrons. The summed E-state index contributed by atoms with van der Waals surface area (Å²) in [5, 5.41) is 4.93. The molecule has 0 radical (unpaired) electrons. The van der Waals surface area contributed by atoms with Crippen LogP contribution in [0.5, 0.6) is 5.75 Å². The number of rotatable bonds is 5. The predicted octanol–water partition coefficient (Wildman–Crippen LogP) is 3.91. The smallest absolute Gasteiger partial charge is 0.358 e. The number of nitrogens with zero attached hydrogens (tertiary/aromatic N) is 2. The normalized spacial score (nSPS) is 10.5. The third kappa shape index (κ3) is 3.67. The van der Waals surface area contributed by atoms with Crippen LogP contribution in [-0.2, 0) is 11.2 Å². The van der Waals surface area contributed by atoms with Gasteiger partial charge in [-0.05, 0) is 35.9 Å². The van der Waals surface area contributed by atoms with Gasteiger partial charge in [0.2, 0.25) is 0 Å². The number of methoxy groups -OCH3 is 2. The Morgan fingerprint density at radius 2 is 1.84 bits per heavy atom. The van der Waals surface area contributed by atoms with Crippen LogP contribution in [0.4, 0.5) is 0 Å². The summed E-state index contributed by atoms with van der Waals surface area (Å²) in [6.45, 7) is 0. The van der Waals surface area contributed by atoms with Gasteiger partial charge in [0.05, 0.1) is 24.9 Å². The van der Waals surface area contributed by atoms with E-state index in [1.165, 1.54) is 7.11 Å². The van der Waals surface area contributed by atoms with Crippen molar-refractivity contribution >= 4 is 17.6 Å². The molecule has 0 fully saturated rings. The maximum Gasteiger partial charge on any atom is 0.358 e. The molecular weight excluding hydrogens is 340 g/mol. The van der Waals surface area contributed by atoms with E-state index >= 15 is 0 Å². The number of para-hydroxylation sites is 1. The average Bonchev–Trinajstić information content (AvgIpc) is 3.05. The number of carbonyl (C=O) groups is 1. The Balaban J connectivity index is 2.02. The fourth-order valence-electron chi connectivity index (χ4n) is 2.53. The summed E-state index contributed by atoms with van der Waals surface area (Å²) in [6.07, 6.45) is 0.583.